The van der Waals surface area contributed by atoms with E-state index in [4.69, 9.17) is 9.47 Å². The van der Waals surface area contributed by atoms with Gasteiger partial charge in [-0.1, -0.05) is 22.0 Å². The molecule has 22 heavy (non-hydrogen) atoms. The van der Waals surface area contributed by atoms with Gasteiger partial charge in [-0.25, -0.2) is 9.59 Å². The number of halogens is 1. The van der Waals surface area contributed by atoms with E-state index >= 15 is 0 Å². The van der Waals surface area contributed by atoms with Gasteiger partial charge in [0.1, 0.15) is 4.21 Å². The maximum atomic E-state index is 12.6. The fourth-order valence-corrected chi connectivity index (χ4v) is 4.82. The Hall–Kier alpha value is -1.13. The highest BCUT2D eigenvalue weighted by Gasteiger charge is 2.41. The van der Waals surface area contributed by atoms with Gasteiger partial charge in [0.25, 0.3) is 10.0 Å². The summed E-state index contributed by atoms with van der Waals surface area (Å²) < 4.78 is 35.2. The molecule has 7 nitrogen and oxygen atoms in total. The van der Waals surface area contributed by atoms with Crippen LogP contribution in [0.2, 0.25) is 0 Å². The lowest BCUT2D eigenvalue weighted by Crippen LogP contribution is -2.50. The minimum absolute atomic E-state index is 0.0207. The van der Waals surface area contributed by atoms with E-state index in [0.717, 1.165) is 11.3 Å². The van der Waals surface area contributed by atoms with Crippen molar-refractivity contribution in [3.8, 4) is 0 Å². The third-order valence-corrected chi connectivity index (χ3v) is 6.21. The number of hydrogen-bond donors (Lipinski definition) is 0. The van der Waals surface area contributed by atoms with Gasteiger partial charge in [0, 0.05) is 5.33 Å². The summed E-state index contributed by atoms with van der Waals surface area (Å²) in [5.74, 6) is -0.826. The zero-order valence-electron chi connectivity index (χ0n) is 12.0. The van der Waals surface area contributed by atoms with Crippen LogP contribution in [0.5, 0.6) is 0 Å². The summed E-state index contributed by atoms with van der Waals surface area (Å²) in [6.45, 7) is 3.18. The highest BCUT2D eigenvalue weighted by atomic mass is 79.9. The number of rotatable bonds is 7. The molecule has 0 aliphatic heterocycles. The first kappa shape index (κ1) is 18.9. The highest BCUT2D eigenvalue weighted by Crippen LogP contribution is 2.25. The summed E-state index contributed by atoms with van der Waals surface area (Å²) in [5, 5.41) is 1.46. The second-order valence-corrected chi connectivity index (χ2v) is 7.49. The smallest absolute Gasteiger partial charge is 0.424 e. The van der Waals surface area contributed by atoms with Crippen molar-refractivity contribution in [3.05, 3.63) is 17.5 Å². The lowest BCUT2D eigenvalue weighted by atomic mass is 10.3. The van der Waals surface area contributed by atoms with Gasteiger partial charge in [0.05, 0.1) is 13.2 Å². The van der Waals surface area contributed by atoms with Crippen molar-refractivity contribution in [1.29, 1.82) is 0 Å². The summed E-state index contributed by atoms with van der Waals surface area (Å²) in [6.07, 6.45) is -1.12. The standard InChI is InChI=1S/C12H16BrNO6S2/c1-3-19-11(15)9(8-13)14(12(16)20-4-2)22(17,18)10-6-5-7-21-10/h5-7,9H,3-4,8H2,1-2H3. The Morgan fingerprint density at radius 3 is 2.41 bits per heavy atom. The van der Waals surface area contributed by atoms with Crippen molar-refractivity contribution in [2.24, 2.45) is 0 Å². The number of nitrogens with zero attached hydrogens (tertiary/aromatic N) is 1. The lowest BCUT2D eigenvalue weighted by molar-refractivity contribution is -0.146. The molecule has 1 unspecified atom stereocenters. The van der Waals surface area contributed by atoms with Gasteiger partial charge < -0.3 is 9.47 Å². The van der Waals surface area contributed by atoms with Crippen LogP contribution in [0.3, 0.4) is 0 Å². The van der Waals surface area contributed by atoms with Crippen molar-refractivity contribution in [2.75, 3.05) is 18.5 Å². The fraction of sp³-hybridized carbons (Fsp3) is 0.500. The molecule has 0 saturated heterocycles. The number of carbonyl (C=O) groups excluding carboxylic acids is 2. The number of hydrogen-bond acceptors (Lipinski definition) is 7. The SMILES string of the molecule is CCOC(=O)C(CBr)N(C(=O)OCC)S(=O)(=O)c1cccs1. The Balaban J connectivity index is 3.29. The van der Waals surface area contributed by atoms with E-state index < -0.39 is 28.1 Å². The van der Waals surface area contributed by atoms with Crippen molar-refractivity contribution in [1.82, 2.24) is 4.31 Å². The molecule has 1 heterocycles. The van der Waals surface area contributed by atoms with Crippen LogP contribution in [0.1, 0.15) is 13.8 Å². The maximum absolute atomic E-state index is 12.6. The van der Waals surface area contributed by atoms with Crippen molar-refractivity contribution in [2.45, 2.75) is 24.1 Å². The average molecular weight is 414 g/mol. The van der Waals surface area contributed by atoms with Gasteiger partial charge in [-0.2, -0.15) is 12.7 Å². The molecule has 0 spiro atoms. The predicted molar refractivity (Wildman–Crippen MR) is 84.6 cm³/mol. The van der Waals surface area contributed by atoms with Gasteiger partial charge in [-0.15, -0.1) is 11.3 Å². The lowest BCUT2D eigenvalue weighted by Gasteiger charge is -2.26. The number of ether oxygens (including phenoxy) is 2. The first-order valence-corrected chi connectivity index (χ1v) is 9.81. The quantitative estimate of drug-likeness (QED) is 0.502. The van der Waals surface area contributed by atoms with Crippen molar-refractivity contribution >= 4 is 49.4 Å². The zero-order valence-corrected chi connectivity index (χ0v) is 15.2. The molecule has 0 bridgehead atoms. The predicted octanol–water partition coefficient (Wildman–Crippen LogP) is 2.22. The first-order chi connectivity index (χ1) is 10.4. The molecule has 0 aromatic carbocycles. The molecule has 1 aromatic heterocycles. The average Bonchev–Trinajstić information content (AvgIpc) is 2.99. The van der Waals surface area contributed by atoms with Crippen LogP contribution in [-0.2, 0) is 24.3 Å². The van der Waals surface area contributed by atoms with Crippen LogP contribution in [0.4, 0.5) is 4.79 Å². The summed E-state index contributed by atoms with van der Waals surface area (Å²) in [7, 11) is -4.21. The Morgan fingerprint density at radius 2 is 1.95 bits per heavy atom. The van der Waals surface area contributed by atoms with Crippen molar-refractivity contribution < 1.29 is 27.5 Å². The molecular weight excluding hydrogens is 398 g/mol. The topological polar surface area (TPSA) is 90.0 Å². The van der Waals surface area contributed by atoms with E-state index in [1.165, 1.54) is 12.1 Å². The third-order valence-electron chi connectivity index (χ3n) is 2.44. The number of amides is 1. The Morgan fingerprint density at radius 1 is 1.32 bits per heavy atom. The van der Waals surface area contributed by atoms with E-state index in [-0.39, 0.29) is 22.8 Å². The number of alkyl halides is 1. The summed E-state index contributed by atoms with van der Waals surface area (Å²) >= 11 is 3.99. The summed E-state index contributed by atoms with van der Waals surface area (Å²) in [6, 6.07) is 1.54. The second kappa shape index (κ2) is 8.49. The van der Waals surface area contributed by atoms with Gasteiger partial charge in [-0.05, 0) is 25.3 Å². The minimum Gasteiger partial charge on any atom is -0.464 e. The number of thiophene rings is 1. The monoisotopic (exact) mass is 413 g/mol. The second-order valence-electron chi connectivity index (χ2n) is 3.85. The molecular formula is C12H16BrNO6S2. The number of sulfonamides is 1. The van der Waals surface area contributed by atoms with Crippen LogP contribution < -0.4 is 0 Å². The maximum Gasteiger partial charge on any atom is 0.424 e. The molecule has 0 radical (unpaired) electrons. The largest absolute Gasteiger partial charge is 0.464 e. The van der Waals surface area contributed by atoms with Gasteiger partial charge in [-0.3, -0.25) is 0 Å². The zero-order chi connectivity index (χ0) is 16.8. The first-order valence-electron chi connectivity index (χ1n) is 6.37. The normalized spacial score (nSPS) is 12.5. The Kier molecular flexibility index (Phi) is 7.30. The number of carbonyl (C=O) groups is 2. The van der Waals surface area contributed by atoms with Crippen LogP contribution >= 0.6 is 27.3 Å². The molecule has 124 valence electrons. The fourth-order valence-electron chi connectivity index (χ4n) is 1.55. The molecule has 0 N–H and O–H groups in total. The summed E-state index contributed by atoms with van der Waals surface area (Å²) in [5.41, 5.74) is 0. The molecule has 0 fully saturated rings. The Bertz CT molecular complexity index is 601. The molecule has 1 amide bonds. The van der Waals surface area contributed by atoms with E-state index in [1.54, 1.807) is 19.2 Å². The molecule has 0 aliphatic carbocycles. The highest BCUT2D eigenvalue weighted by molar-refractivity contribution is 9.09. The van der Waals surface area contributed by atoms with Crippen molar-refractivity contribution in [3.63, 3.8) is 0 Å². The van der Waals surface area contributed by atoms with Crippen LogP contribution in [-0.4, -0.2) is 49.4 Å². The Labute approximate surface area is 141 Å². The minimum atomic E-state index is -4.21. The van der Waals surface area contributed by atoms with E-state index in [0.29, 0.717) is 4.31 Å². The van der Waals surface area contributed by atoms with Gasteiger partial charge in [0.2, 0.25) is 0 Å². The molecule has 0 saturated carbocycles. The van der Waals surface area contributed by atoms with Gasteiger partial charge >= 0.3 is 12.1 Å². The van der Waals surface area contributed by atoms with E-state index in [2.05, 4.69) is 15.9 Å². The molecule has 1 aromatic rings. The molecule has 0 aliphatic rings. The van der Waals surface area contributed by atoms with Crippen LogP contribution in [0.25, 0.3) is 0 Å². The van der Waals surface area contributed by atoms with E-state index in [1.807, 2.05) is 0 Å². The molecule has 10 heteroatoms. The van der Waals surface area contributed by atoms with Crippen LogP contribution in [0.15, 0.2) is 21.7 Å². The van der Waals surface area contributed by atoms with Crippen LogP contribution in [0, 0.1) is 0 Å². The summed E-state index contributed by atoms with van der Waals surface area (Å²) in [4.78, 5) is 24.1. The third kappa shape index (κ3) is 4.20. The molecule has 1 rings (SSSR count). The molecule has 1 atom stereocenters. The van der Waals surface area contributed by atoms with Gasteiger partial charge in [0.15, 0.2) is 6.04 Å². The number of esters is 1. The van der Waals surface area contributed by atoms with E-state index in [9.17, 15) is 18.0 Å².